The van der Waals surface area contributed by atoms with Crippen molar-refractivity contribution in [1.29, 1.82) is 0 Å². The smallest absolute Gasteiger partial charge is 0.322 e. The second kappa shape index (κ2) is 10.0. The van der Waals surface area contributed by atoms with Crippen molar-refractivity contribution in [2.24, 2.45) is 0 Å². The van der Waals surface area contributed by atoms with Gasteiger partial charge in [-0.2, -0.15) is 0 Å². The molecule has 200 valence electrons. The third-order valence-corrected chi connectivity index (χ3v) is 7.60. The molecule has 3 aromatic heterocycles. The zero-order valence-corrected chi connectivity index (χ0v) is 22.1. The number of urea groups is 1. The SMILES string of the molecule is Cc1c(NC(=O)N2Cc3ccccc3C2)cccc1-c1ncnc2nc(-c3ccc(N4CCOCC4)nc3)[nH]c12. The summed E-state index contributed by atoms with van der Waals surface area (Å²) in [7, 11) is 0. The Bertz CT molecular complexity index is 1680. The maximum Gasteiger partial charge on any atom is 0.322 e. The molecular weight excluding hydrogens is 504 g/mol. The van der Waals surface area contributed by atoms with Gasteiger partial charge < -0.3 is 24.8 Å². The van der Waals surface area contributed by atoms with Gasteiger partial charge in [-0.25, -0.2) is 24.7 Å². The molecule has 2 aromatic carbocycles. The number of imidazole rings is 1. The molecule has 0 atom stereocenters. The summed E-state index contributed by atoms with van der Waals surface area (Å²) >= 11 is 0. The number of benzene rings is 2. The highest BCUT2D eigenvalue weighted by Gasteiger charge is 2.24. The van der Waals surface area contributed by atoms with Crippen LogP contribution in [-0.2, 0) is 17.8 Å². The molecule has 40 heavy (non-hydrogen) atoms. The molecule has 1 saturated heterocycles. The number of aromatic nitrogens is 5. The molecular formula is C30H28N8O2. The van der Waals surface area contributed by atoms with Gasteiger partial charge in [-0.1, -0.05) is 36.4 Å². The number of nitrogens with zero attached hydrogens (tertiary/aromatic N) is 6. The van der Waals surface area contributed by atoms with Crippen LogP contribution in [0.1, 0.15) is 16.7 Å². The van der Waals surface area contributed by atoms with E-state index in [9.17, 15) is 4.79 Å². The van der Waals surface area contributed by atoms with E-state index >= 15 is 0 Å². The van der Waals surface area contributed by atoms with Crippen molar-refractivity contribution in [2.75, 3.05) is 36.5 Å². The Hall–Kier alpha value is -4.83. The summed E-state index contributed by atoms with van der Waals surface area (Å²) in [6.45, 7) is 6.29. The van der Waals surface area contributed by atoms with E-state index in [1.807, 2.05) is 60.5 Å². The number of rotatable bonds is 4. The maximum atomic E-state index is 13.1. The summed E-state index contributed by atoms with van der Waals surface area (Å²) in [5.41, 5.74) is 7.82. The fourth-order valence-corrected chi connectivity index (χ4v) is 5.37. The van der Waals surface area contributed by atoms with E-state index < -0.39 is 0 Å². The van der Waals surface area contributed by atoms with E-state index in [0.717, 1.165) is 52.5 Å². The Kier molecular flexibility index (Phi) is 6.09. The predicted octanol–water partition coefficient (Wildman–Crippen LogP) is 4.77. The van der Waals surface area contributed by atoms with Crippen LogP contribution >= 0.6 is 0 Å². The lowest BCUT2D eigenvalue weighted by Crippen LogP contribution is -2.36. The van der Waals surface area contributed by atoms with E-state index in [1.165, 1.54) is 17.5 Å². The van der Waals surface area contributed by atoms with Crippen LogP contribution in [0.2, 0.25) is 0 Å². The standard InChI is InChI=1S/C30H28N8O2/c1-19-23(7-4-8-24(19)34-30(39)38-16-21-5-2-3-6-22(21)17-38)26-27-29(33-18-32-26)36-28(35-27)20-9-10-25(31-15-20)37-11-13-40-14-12-37/h2-10,15,18H,11-14,16-17H2,1H3,(H,34,39)(H,32,33,35,36). The zero-order chi connectivity index (χ0) is 27.1. The Labute approximate surface area is 231 Å². The fraction of sp³-hybridized carbons (Fsp3) is 0.233. The molecule has 0 spiro atoms. The van der Waals surface area contributed by atoms with Crippen LogP contribution in [0.5, 0.6) is 0 Å². The molecule has 0 unspecified atom stereocenters. The number of fused-ring (bicyclic) bond motifs is 2. The largest absolute Gasteiger partial charge is 0.378 e. The molecule has 0 aliphatic carbocycles. The molecule has 2 aliphatic rings. The van der Waals surface area contributed by atoms with E-state index in [2.05, 4.69) is 42.3 Å². The number of amides is 2. The molecule has 0 bridgehead atoms. The first-order valence-corrected chi connectivity index (χ1v) is 13.4. The minimum atomic E-state index is -0.124. The van der Waals surface area contributed by atoms with Gasteiger partial charge in [0.25, 0.3) is 0 Å². The second-order valence-corrected chi connectivity index (χ2v) is 10.0. The zero-order valence-electron chi connectivity index (χ0n) is 22.1. The first kappa shape index (κ1) is 24.2. The van der Waals surface area contributed by atoms with Crippen molar-refractivity contribution < 1.29 is 9.53 Å². The van der Waals surface area contributed by atoms with Gasteiger partial charge >= 0.3 is 6.03 Å². The summed E-state index contributed by atoms with van der Waals surface area (Å²) in [4.78, 5) is 39.0. The highest BCUT2D eigenvalue weighted by molar-refractivity contribution is 5.95. The van der Waals surface area contributed by atoms with Crippen LogP contribution < -0.4 is 10.2 Å². The number of ether oxygens (including phenoxy) is 1. The lowest BCUT2D eigenvalue weighted by Gasteiger charge is -2.27. The minimum Gasteiger partial charge on any atom is -0.378 e. The summed E-state index contributed by atoms with van der Waals surface area (Å²) < 4.78 is 5.45. The Morgan fingerprint density at radius 1 is 0.950 bits per heavy atom. The number of hydrogen-bond donors (Lipinski definition) is 2. The average Bonchev–Trinajstić information content (AvgIpc) is 3.64. The molecule has 0 saturated carbocycles. The van der Waals surface area contributed by atoms with Gasteiger partial charge in [-0.3, -0.25) is 0 Å². The molecule has 5 aromatic rings. The van der Waals surface area contributed by atoms with Crippen LogP contribution in [0, 0.1) is 6.92 Å². The van der Waals surface area contributed by atoms with Gasteiger partial charge in [0, 0.05) is 49.2 Å². The Balaban J connectivity index is 1.15. The van der Waals surface area contributed by atoms with Crippen molar-refractivity contribution in [3.63, 3.8) is 0 Å². The summed E-state index contributed by atoms with van der Waals surface area (Å²) in [6, 6.07) is 17.9. The molecule has 0 radical (unpaired) electrons. The number of nitrogens with one attached hydrogen (secondary N) is 2. The van der Waals surface area contributed by atoms with Crippen molar-refractivity contribution in [2.45, 2.75) is 20.0 Å². The number of H-pyrrole nitrogens is 1. The third kappa shape index (κ3) is 4.42. The molecule has 10 heteroatoms. The van der Waals surface area contributed by atoms with Crippen LogP contribution in [0.25, 0.3) is 33.8 Å². The number of hydrogen-bond acceptors (Lipinski definition) is 7. The van der Waals surface area contributed by atoms with E-state index in [1.54, 1.807) is 0 Å². The molecule has 2 aliphatic heterocycles. The van der Waals surface area contributed by atoms with E-state index in [0.29, 0.717) is 37.8 Å². The number of anilines is 2. The topological polar surface area (TPSA) is 112 Å². The molecule has 2 amide bonds. The van der Waals surface area contributed by atoms with Crippen LogP contribution in [0.3, 0.4) is 0 Å². The highest BCUT2D eigenvalue weighted by atomic mass is 16.5. The van der Waals surface area contributed by atoms with Gasteiger partial charge in [0.1, 0.15) is 23.5 Å². The minimum absolute atomic E-state index is 0.124. The quantitative estimate of drug-likeness (QED) is 0.343. The summed E-state index contributed by atoms with van der Waals surface area (Å²) in [6.07, 6.45) is 3.35. The number of pyridine rings is 1. The monoisotopic (exact) mass is 532 g/mol. The predicted molar refractivity (Wildman–Crippen MR) is 153 cm³/mol. The van der Waals surface area contributed by atoms with Crippen molar-refractivity contribution in [3.05, 3.63) is 83.8 Å². The molecule has 1 fully saturated rings. The number of carbonyl (C=O) groups excluding carboxylic acids is 1. The molecule has 7 rings (SSSR count). The lowest BCUT2D eigenvalue weighted by atomic mass is 10.0. The Morgan fingerprint density at radius 3 is 2.50 bits per heavy atom. The van der Waals surface area contributed by atoms with Crippen LogP contribution in [0.15, 0.2) is 67.1 Å². The first-order valence-electron chi connectivity index (χ1n) is 13.4. The third-order valence-electron chi connectivity index (χ3n) is 7.60. The fourth-order valence-electron chi connectivity index (χ4n) is 5.37. The lowest BCUT2D eigenvalue weighted by molar-refractivity contribution is 0.122. The second-order valence-electron chi connectivity index (χ2n) is 10.0. The molecule has 2 N–H and O–H groups in total. The van der Waals surface area contributed by atoms with Crippen LogP contribution in [0.4, 0.5) is 16.3 Å². The maximum absolute atomic E-state index is 13.1. The van der Waals surface area contributed by atoms with E-state index in [4.69, 9.17) is 9.72 Å². The van der Waals surface area contributed by atoms with Crippen molar-refractivity contribution >= 4 is 28.7 Å². The van der Waals surface area contributed by atoms with Crippen molar-refractivity contribution in [1.82, 2.24) is 29.8 Å². The highest BCUT2D eigenvalue weighted by Crippen LogP contribution is 2.33. The number of aromatic amines is 1. The number of morpholine rings is 1. The average molecular weight is 533 g/mol. The van der Waals surface area contributed by atoms with Crippen molar-refractivity contribution in [3.8, 4) is 22.6 Å². The van der Waals surface area contributed by atoms with E-state index in [-0.39, 0.29) is 6.03 Å². The van der Waals surface area contributed by atoms with Gasteiger partial charge in [-0.05, 0) is 41.8 Å². The van der Waals surface area contributed by atoms with Gasteiger partial charge in [0.05, 0.1) is 18.9 Å². The molecule has 10 nitrogen and oxygen atoms in total. The first-order chi connectivity index (χ1) is 19.6. The summed E-state index contributed by atoms with van der Waals surface area (Å²) in [5.74, 6) is 1.60. The van der Waals surface area contributed by atoms with Gasteiger partial charge in [-0.15, -0.1) is 0 Å². The number of carbonyl (C=O) groups is 1. The molecule has 5 heterocycles. The normalized spacial score (nSPS) is 14.9. The summed E-state index contributed by atoms with van der Waals surface area (Å²) in [5, 5.41) is 3.11. The Morgan fingerprint density at radius 2 is 1.75 bits per heavy atom. The van der Waals surface area contributed by atoms with Crippen LogP contribution in [-0.4, -0.2) is 62.2 Å². The van der Waals surface area contributed by atoms with Gasteiger partial charge in [0.15, 0.2) is 5.65 Å². The van der Waals surface area contributed by atoms with Gasteiger partial charge in [0.2, 0.25) is 0 Å².